The zero-order chi connectivity index (χ0) is 9.69. The second-order valence-corrected chi connectivity index (χ2v) is 5.51. The lowest BCUT2D eigenvalue weighted by Gasteiger charge is -2.34. The number of hydrogen-bond acceptors (Lipinski definition) is 2. The minimum absolute atomic E-state index is 0.381. The first-order chi connectivity index (χ1) is 6.00. The van der Waals surface area contributed by atoms with Crippen LogP contribution in [-0.4, -0.2) is 29.6 Å². The lowest BCUT2D eigenvalue weighted by atomic mass is 9.99. The molecule has 0 aromatic carbocycles. The van der Waals surface area contributed by atoms with E-state index in [2.05, 4.69) is 25.7 Å². The Bertz CT molecular complexity index is 212. The molecular weight excluding hydrogens is 160 g/mol. The summed E-state index contributed by atoms with van der Waals surface area (Å²) in [6.45, 7) is 9.47. The van der Waals surface area contributed by atoms with Crippen LogP contribution in [0.25, 0.3) is 0 Å². The second-order valence-electron chi connectivity index (χ2n) is 5.51. The topological polar surface area (TPSA) is 29.3 Å². The lowest BCUT2D eigenvalue weighted by molar-refractivity contribution is 0.141. The molecule has 2 unspecified atom stereocenters. The van der Waals surface area contributed by atoms with Gasteiger partial charge in [0, 0.05) is 23.5 Å². The van der Waals surface area contributed by atoms with Gasteiger partial charge in [-0.25, -0.2) is 0 Å². The summed E-state index contributed by atoms with van der Waals surface area (Å²) >= 11 is 0. The average molecular weight is 182 g/mol. The van der Waals surface area contributed by atoms with E-state index in [1.165, 1.54) is 32.4 Å². The predicted molar refractivity (Wildman–Crippen MR) is 55.6 cm³/mol. The molecule has 2 rings (SSSR count). The molecule has 1 spiro atoms. The van der Waals surface area contributed by atoms with Gasteiger partial charge in [-0.05, 0) is 39.7 Å². The molecular formula is C11H22N2. The Hall–Kier alpha value is -0.0800. The Morgan fingerprint density at radius 2 is 2.15 bits per heavy atom. The number of hydrogen-bond donors (Lipinski definition) is 1. The van der Waals surface area contributed by atoms with Gasteiger partial charge in [-0.3, -0.25) is 4.90 Å². The maximum absolute atomic E-state index is 5.98. The molecule has 1 aliphatic carbocycles. The van der Waals surface area contributed by atoms with Crippen LogP contribution in [0.4, 0.5) is 0 Å². The highest BCUT2D eigenvalue weighted by atomic mass is 15.2. The summed E-state index contributed by atoms with van der Waals surface area (Å²) < 4.78 is 0. The fourth-order valence-corrected chi connectivity index (χ4v) is 2.48. The Morgan fingerprint density at radius 3 is 2.54 bits per heavy atom. The van der Waals surface area contributed by atoms with Crippen LogP contribution in [0, 0.1) is 5.41 Å². The average Bonchev–Trinajstić information content (AvgIpc) is 2.52. The van der Waals surface area contributed by atoms with Gasteiger partial charge in [-0.2, -0.15) is 0 Å². The van der Waals surface area contributed by atoms with E-state index in [0.717, 1.165) is 0 Å². The van der Waals surface area contributed by atoms with Crippen molar-refractivity contribution in [3.8, 4) is 0 Å². The molecule has 1 aliphatic heterocycles. The largest absolute Gasteiger partial charge is 0.327 e. The van der Waals surface area contributed by atoms with Gasteiger partial charge in [0.1, 0.15) is 0 Å². The van der Waals surface area contributed by atoms with Crippen LogP contribution in [0.2, 0.25) is 0 Å². The quantitative estimate of drug-likeness (QED) is 0.703. The Kier molecular flexibility index (Phi) is 1.97. The molecule has 0 amide bonds. The second kappa shape index (κ2) is 2.71. The number of nitrogens with two attached hydrogens (primary N) is 1. The molecule has 1 heterocycles. The Balaban J connectivity index is 1.99. The maximum Gasteiger partial charge on any atom is 0.0150 e. The molecule has 0 aromatic heterocycles. The van der Waals surface area contributed by atoms with E-state index in [1.54, 1.807) is 0 Å². The molecule has 2 heteroatoms. The van der Waals surface area contributed by atoms with Crippen molar-refractivity contribution >= 4 is 0 Å². The predicted octanol–water partition coefficient (Wildman–Crippen LogP) is 1.60. The summed E-state index contributed by atoms with van der Waals surface area (Å²) in [6.07, 6.45) is 3.83. The number of likely N-dealkylation sites (tertiary alicyclic amines) is 1. The normalized spacial score (nSPS) is 40.2. The summed E-state index contributed by atoms with van der Waals surface area (Å²) in [4.78, 5) is 2.62. The molecule has 2 fully saturated rings. The van der Waals surface area contributed by atoms with Crippen LogP contribution >= 0.6 is 0 Å². The van der Waals surface area contributed by atoms with Crippen molar-refractivity contribution in [3.63, 3.8) is 0 Å². The van der Waals surface area contributed by atoms with E-state index in [0.29, 0.717) is 17.0 Å². The fourth-order valence-electron chi connectivity index (χ4n) is 2.48. The van der Waals surface area contributed by atoms with Gasteiger partial charge in [0.15, 0.2) is 0 Å². The summed E-state index contributed by atoms with van der Waals surface area (Å²) in [7, 11) is 0. The third-order valence-corrected chi connectivity index (χ3v) is 4.36. The summed E-state index contributed by atoms with van der Waals surface area (Å²) in [5, 5.41) is 0. The molecule has 2 atom stereocenters. The highest BCUT2D eigenvalue weighted by Crippen LogP contribution is 2.52. The molecule has 1 saturated heterocycles. The van der Waals surface area contributed by atoms with Crippen molar-refractivity contribution in [2.75, 3.05) is 13.1 Å². The van der Waals surface area contributed by atoms with E-state index in [-0.39, 0.29) is 0 Å². The summed E-state index contributed by atoms with van der Waals surface area (Å²) in [6, 6.07) is 0.505. The molecule has 0 bridgehead atoms. The van der Waals surface area contributed by atoms with Crippen LogP contribution in [0.1, 0.15) is 40.0 Å². The fraction of sp³-hybridized carbons (Fsp3) is 1.00. The van der Waals surface area contributed by atoms with Crippen LogP contribution in [0.5, 0.6) is 0 Å². The molecule has 13 heavy (non-hydrogen) atoms. The van der Waals surface area contributed by atoms with E-state index < -0.39 is 0 Å². The van der Waals surface area contributed by atoms with Gasteiger partial charge >= 0.3 is 0 Å². The van der Waals surface area contributed by atoms with Gasteiger partial charge in [0.25, 0.3) is 0 Å². The van der Waals surface area contributed by atoms with Gasteiger partial charge in [0.2, 0.25) is 0 Å². The van der Waals surface area contributed by atoms with E-state index >= 15 is 0 Å². The van der Waals surface area contributed by atoms with E-state index in [4.69, 9.17) is 5.73 Å². The van der Waals surface area contributed by atoms with Crippen LogP contribution < -0.4 is 5.73 Å². The monoisotopic (exact) mass is 182 g/mol. The molecule has 1 saturated carbocycles. The molecule has 2 nitrogen and oxygen atoms in total. The lowest BCUT2D eigenvalue weighted by Crippen LogP contribution is -2.42. The first-order valence-electron chi connectivity index (χ1n) is 5.51. The minimum atomic E-state index is 0.381. The van der Waals surface area contributed by atoms with Crippen molar-refractivity contribution in [2.24, 2.45) is 11.1 Å². The third-order valence-electron chi connectivity index (χ3n) is 4.36. The molecule has 2 N–H and O–H groups in total. The van der Waals surface area contributed by atoms with Crippen LogP contribution in [0.3, 0.4) is 0 Å². The van der Waals surface area contributed by atoms with E-state index in [1.807, 2.05) is 0 Å². The van der Waals surface area contributed by atoms with Gasteiger partial charge in [-0.1, -0.05) is 6.92 Å². The molecule has 0 aromatic rings. The van der Waals surface area contributed by atoms with Crippen LogP contribution in [-0.2, 0) is 0 Å². The van der Waals surface area contributed by atoms with Crippen molar-refractivity contribution < 1.29 is 0 Å². The number of rotatable bonds is 2. The van der Waals surface area contributed by atoms with Crippen molar-refractivity contribution in [3.05, 3.63) is 0 Å². The first-order valence-corrected chi connectivity index (χ1v) is 5.51. The maximum atomic E-state index is 5.98. The van der Waals surface area contributed by atoms with Gasteiger partial charge < -0.3 is 5.73 Å². The highest BCUT2D eigenvalue weighted by molar-refractivity contribution is 5.12. The SMILES string of the molecule is CCC(C)(C)N1CCC2(CC2N)C1. The minimum Gasteiger partial charge on any atom is -0.327 e. The van der Waals surface area contributed by atoms with Gasteiger partial charge in [-0.15, -0.1) is 0 Å². The standard InChI is InChI=1S/C11H22N2/c1-4-10(2,3)13-6-5-11(8-13)7-9(11)12/h9H,4-8,12H2,1-3H3. The van der Waals surface area contributed by atoms with Gasteiger partial charge in [0.05, 0.1) is 0 Å². The van der Waals surface area contributed by atoms with E-state index in [9.17, 15) is 0 Å². The Morgan fingerprint density at radius 1 is 1.54 bits per heavy atom. The number of nitrogens with zero attached hydrogens (tertiary/aromatic N) is 1. The van der Waals surface area contributed by atoms with Crippen molar-refractivity contribution in [1.29, 1.82) is 0 Å². The third kappa shape index (κ3) is 1.40. The Labute approximate surface area is 81.5 Å². The zero-order valence-electron chi connectivity index (χ0n) is 9.14. The smallest absolute Gasteiger partial charge is 0.0150 e. The molecule has 2 aliphatic rings. The summed E-state index contributed by atoms with van der Waals surface area (Å²) in [5.74, 6) is 0. The summed E-state index contributed by atoms with van der Waals surface area (Å²) in [5.41, 5.74) is 6.90. The van der Waals surface area contributed by atoms with Crippen LogP contribution in [0.15, 0.2) is 0 Å². The zero-order valence-corrected chi connectivity index (χ0v) is 9.14. The van der Waals surface area contributed by atoms with Crippen molar-refractivity contribution in [2.45, 2.75) is 51.6 Å². The molecule has 0 radical (unpaired) electrons. The first kappa shape index (κ1) is 9.47. The highest BCUT2D eigenvalue weighted by Gasteiger charge is 2.56. The van der Waals surface area contributed by atoms with Crippen molar-refractivity contribution in [1.82, 2.24) is 4.90 Å². The molecule has 76 valence electrons.